The van der Waals surface area contributed by atoms with Gasteiger partial charge in [-0.05, 0) is 30.2 Å². The fourth-order valence-electron chi connectivity index (χ4n) is 2.25. The molecule has 0 bridgehead atoms. The van der Waals surface area contributed by atoms with Gasteiger partial charge in [0.25, 0.3) is 5.91 Å². The van der Waals surface area contributed by atoms with Crippen molar-refractivity contribution < 1.29 is 4.79 Å². The molecule has 1 amide bonds. The Morgan fingerprint density at radius 1 is 1.56 bits per heavy atom. The Hall–Kier alpha value is -1.42. The lowest BCUT2D eigenvalue weighted by molar-refractivity contribution is 0.0958. The molecule has 0 aliphatic heterocycles. The number of hydrogen-bond donors (Lipinski definition) is 1. The first-order valence-electron chi connectivity index (χ1n) is 5.41. The highest BCUT2D eigenvalue weighted by molar-refractivity contribution is 7.12. The molecule has 2 atom stereocenters. The van der Waals surface area contributed by atoms with Crippen molar-refractivity contribution in [1.82, 2.24) is 5.43 Å². The highest BCUT2D eigenvalue weighted by Crippen LogP contribution is 2.40. The minimum Gasteiger partial charge on any atom is -0.266 e. The molecule has 2 aliphatic rings. The van der Waals surface area contributed by atoms with Crippen LogP contribution in [0.1, 0.15) is 22.5 Å². The van der Waals surface area contributed by atoms with Gasteiger partial charge in [0.05, 0.1) is 4.88 Å². The van der Waals surface area contributed by atoms with Crippen LogP contribution < -0.4 is 5.43 Å². The van der Waals surface area contributed by atoms with E-state index in [9.17, 15) is 4.79 Å². The van der Waals surface area contributed by atoms with Crippen molar-refractivity contribution in [3.8, 4) is 0 Å². The molecule has 16 heavy (non-hydrogen) atoms. The lowest BCUT2D eigenvalue weighted by Crippen LogP contribution is -2.35. The number of nitrogens with one attached hydrogen (secondary N) is 1. The Morgan fingerprint density at radius 3 is 3.25 bits per heavy atom. The second kappa shape index (κ2) is 3.87. The number of fused-ring (bicyclic) bond motifs is 1. The molecular weight excluding hydrogens is 220 g/mol. The van der Waals surface area contributed by atoms with Crippen molar-refractivity contribution in [3.63, 3.8) is 0 Å². The minimum atomic E-state index is -0.100. The zero-order valence-electron chi connectivity index (χ0n) is 8.72. The van der Waals surface area contributed by atoms with Crippen LogP contribution in [-0.4, -0.2) is 11.6 Å². The molecule has 1 aromatic rings. The molecule has 4 heteroatoms. The molecule has 1 aromatic heterocycles. The number of rotatable bonds is 2. The summed E-state index contributed by atoms with van der Waals surface area (Å²) >= 11 is 1.43. The number of thiophene rings is 1. The number of carbonyl (C=O) groups excluding carboxylic acids is 1. The van der Waals surface area contributed by atoms with E-state index in [4.69, 9.17) is 0 Å². The van der Waals surface area contributed by atoms with Gasteiger partial charge in [-0.25, -0.2) is 5.43 Å². The van der Waals surface area contributed by atoms with Crippen LogP contribution in [0.15, 0.2) is 34.8 Å². The van der Waals surface area contributed by atoms with Gasteiger partial charge in [-0.3, -0.25) is 4.79 Å². The number of allylic oxidation sites excluding steroid dienone is 2. The van der Waals surface area contributed by atoms with Gasteiger partial charge < -0.3 is 0 Å². The van der Waals surface area contributed by atoms with Gasteiger partial charge in [0.15, 0.2) is 0 Å². The third-order valence-electron chi connectivity index (χ3n) is 3.21. The maximum atomic E-state index is 11.6. The van der Waals surface area contributed by atoms with Crippen molar-refractivity contribution in [2.24, 2.45) is 16.9 Å². The highest BCUT2D eigenvalue weighted by atomic mass is 32.1. The summed E-state index contributed by atoms with van der Waals surface area (Å²) in [6, 6.07) is 3.67. The zero-order valence-corrected chi connectivity index (χ0v) is 9.54. The van der Waals surface area contributed by atoms with E-state index < -0.39 is 0 Å². The summed E-state index contributed by atoms with van der Waals surface area (Å²) in [4.78, 5) is 12.3. The van der Waals surface area contributed by atoms with Crippen LogP contribution in [0.3, 0.4) is 0 Å². The van der Waals surface area contributed by atoms with E-state index in [2.05, 4.69) is 22.7 Å². The van der Waals surface area contributed by atoms with Gasteiger partial charge in [0, 0.05) is 11.6 Å². The van der Waals surface area contributed by atoms with Gasteiger partial charge in [0.1, 0.15) is 0 Å². The van der Waals surface area contributed by atoms with E-state index in [-0.39, 0.29) is 5.91 Å². The third kappa shape index (κ3) is 1.59. The maximum Gasteiger partial charge on any atom is 0.281 e. The zero-order chi connectivity index (χ0) is 11.0. The van der Waals surface area contributed by atoms with Crippen LogP contribution in [0.2, 0.25) is 0 Å². The number of carbonyl (C=O) groups is 1. The van der Waals surface area contributed by atoms with Crippen LogP contribution >= 0.6 is 11.3 Å². The Kier molecular flexibility index (Phi) is 2.36. The van der Waals surface area contributed by atoms with Crippen LogP contribution in [-0.2, 0) is 0 Å². The Morgan fingerprint density at radius 2 is 2.50 bits per heavy atom. The molecule has 82 valence electrons. The number of hydrazone groups is 1. The highest BCUT2D eigenvalue weighted by Gasteiger charge is 2.37. The summed E-state index contributed by atoms with van der Waals surface area (Å²) in [6.07, 6.45) is 6.55. The number of hydrogen-bond acceptors (Lipinski definition) is 3. The minimum absolute atomic E-state index is 0.100. The third-order valence-corrected chi connectivity index (χ3v) is 4.08. The van der Waals surface area contributed by atoms with E-state index in [1.807, 2.05) is 11.4 Å². The molecular formula is C12H12N2OS. The average Bonchev–Trinajstić information content (AvgIpc) is 2.88. The quantitative estimate of drug-likeness (QED) is 0.617. The molecule has 3 rings (SSSR count). The van der Waals surface area contributed by atoms with Gasteiger partial charge in [-0.15, -0.1) is 11.3 Å². The van der Waals surface area contributed by atoms with Gasteiger partial charge in [-0.1, -0.05) is 18.2 Å². The normalized spacial score (nSPS) is 28.9. The van der Waals surface area contributed by atoms with Crippen LogP contribution in [0.4, 0.5) is 0 Å². The summed E-state index contributed by atoms with van der Waals surface area (Å²) in [7, 11) is 0. The lowest BCUT2D eigenvalue weighted by atomic mass is 9.74. The maximum absolute atomic E-state index is 11.6. The summed E-state index contributed by atoms with van der Waals surface area (Å²) in [5.41, 5.74) is 3.77. The fourth-order valence-corrected chi connectivity index (χ4v) is 2.86. The SMILES string of the molecule is O=C(N/N=C1/CC2C=CCC12)c1cccs1. The predicted octanol–water partition coefficient (Wildman–Crippen LogP) is 2.43. The second-order valence-corrected chi connectivity index (χ2v) is 5.11. The Labute approximate surface area is 97.9 Å². The van der Waals surface area contributed by atoms with Crippen molar-refractivity contribution in [1.29, 1.82) is 0 Å². The molecule has 0 radical (unpaired) electrons. The van der Waals surface area contributed by atoms with Crippen molar-refractivity contribution >= 4 is 23.0 Å². The molecule has 0 aromatic carbocycles. The standard InChI is InChI=1S/C12H12N2OS/c15-12(11-5-2-6-16-11)14-13-10-7-8-3-1-4-9(8)10/h1-3,5-6,8-9H,4,7H2,(H,14,15)/b13-10-. The molecule has 1 saturated carbocycles. The van der Waals surface area contributed by atoms with Crippen molar-refractivity contribution in [3.05, 3.63) is 34.5 Å². The topological polar surface area (TPSA) is 41.5 Å². The van der Waals surface area contributed by atoms with E-state index in [1.54, 1.807) is 6.07 Å². The predicted molar refractivity (Wildman–Crippen MR) is 64.6 cm³/mol. The molecule has 1 heterocycles. The van der Waals surface area contributed by atoms with Crippen LogP contribution in [0, 0.1) is 11.8 Å². The summed E-state index contributed by atoms with van der Waals surface area (Å²) in [5, 5.41) is 6.10. The van der Waals surface area contributed by atoms with E-state index in [1.165, 1.54) is 11.3 Å². The largest absolute Gasteiger partial charge is 0.281 e. The molecule has 2 aliphatic carbocycles. The molecule has 0 saturated heterocycles. The van der Waals surface area contributed by atoms with Gasteiger partial charge >= 0.3 is 0 Å². The molecule has 1 N–H and O–H groups in total. The number of nitrogens with zero attached hydrogens (tertiary/aromatic N) is 1. The van der Waals surface area contributed by atoms with Gasteiger partial charge in [-0.2, -0.15) is 5.10 Å². The molecule has 0 spiro atoms. The van der Waals surface area contributed by atoms with E-state index in [0.717, 1.165) is 18.6 Å². The van der Waals surface area contributed by atoms with Crippen molar-refractivity contribution in [2.75, 3.05) is 0 Å². The fraction of sp³-hybridized carbons (Fsp3) is 0.333. The van der Waals surface area contributed by atoms with Crippen LogP contribution in [0.5, 0.6) is 0 Å². The average molecular weight is 232 g/mol. The van der Waals surface area contributed by atoms with Crippen molar-refractivity contribution in [2.45, 2.75) is 12.8 Å². The second-order valence-electron chi connectivity index (χ2n) is 4.16. The first-order valence-corrected chi connectivity index (χ1v) is 6.29. The monoisotopic (exact) mass is 232 g/mol. The first-order chi connectivity index (χ1) is 7.84. The Bertz CT molecular complexity index is 461. The summed E-state index contributed by atoms with van der Waals surface area (Å²) < 4.78 is 0. The smallest absolute Gasteiger partial charge is 0.266 e. The van der Waals surface area contributed by atoms with E-state index in [0.29, 0.717) is 16.7 Å². The van der Waals surface area contributed by atoms with Crippen LogP contribution in [0.25, 0.3) is 0 Å². The summed E-state index contributed by atoms with van der Waals surface area (Å²) in [6.45, 7) is 0. The van der Waals surface area contributed by atoms with Gasteiger partial charge in [0.2, 0.25) is 0 Å². The Balaban J connectivity index is 1.61. The molecule has 1 fully saturated rings. The first kappa shape index (κ1) is 9.78. The van der Waals surface area contributed by atoms with E-state index >= 15 is 0 Å². The summed E-state index contributed by atoms with van der Waals surface area (Å²) in [5.74, 6) is 1.14. The number of amides is 1. The lowest BCUT2D eigenvalue weighted by Gasteiger charge is -2.31. The molecule has 3 nitrogen and oxygen atoms in total. The molecule has 2 unspecified atom stereocenters.